The number of aromatic nitrogens is 4. The van der Waals surface area contributed by atoms with Crippen molar-refractivity contribution in [1.29, 1.82) is 0 Å². The zero-order valence-electron chi connectivity index (χ0n) is 17.1. The maximum absolute atomic E-state index is 13.4. The first-order chi connectivity index (χ1) is 16.0. The Kier molecular flexibility index (Phi) is 4.23. The second kappa shape index (κ2) is 7.16. The van der Waals surface area contributed by atoms with Gasteiger partial charge in [-0.15, -0.1) is 0 Å². The lowest BCUT2D eigenvalue weighted by atomic mass is 10.0. The van der Waals surface area contributed by atoms with E-state index in [0.29, 0.717) is 23.3 Å². The number of anilines is 2. The van der Waals surface area contributed by atoms with Gasteiger partial charge in [-0.3, -0.25) is 4.98 Å². The van der Waals surface area contributed by atoms with Gasteiger partial charge in [-0.05, 0) is 42.5 Å². The monoisotopic (exact) mass is 443 g/mol. The lowest BCUT2D eigenvalue weighted by molar-refractivity contribution is -0.137. The molecule has 1 aliphatic rings. The van der Waals surface area contributed by atoms with Gasteiger partial charge in [0.1, 0.15) is 11.2 Å². The van der Waals surface area contributed by atoms with Crippen LogP contribution in [0.15, 0.2) is 73.2 Å². The van der Waals surface area contributed by atoms with E-state index < -0.39 is 11.7 Å². The van der Waals surface area contributed by atoms with Crippen molar-refractivity contribution >= 4 is 39.5 Å². The average Bonchev–Trinajstić information content (AvgIpc) is 3.27. The summed E-state index contributed by atoms with van der Waals surface area (Å²) in [6.45, 7) is 0.427. The summed E-state index contributed by atoms with van der Waals surface area (Å²) in [4.78, 5) is 18.8. The Morgan fingerprint density at radius 1 is 1.00 bits per heavy atom. The van der Waals surface area contributed by atoms with E-state index >= 15 is 0 Å². The molecule has 33 heavy (non-hydrogen) atoms. The van der Waals surface area contributed by atoms with Crippen LogP contribution in [0.4, 0.5) is 24.5 Å². The first-order valence-corrected chi connectivity index (χ1v) is 10.3. The van der Waals surface area contributed by atoms with Crippen molar-refractivity contribution in [2.45, 2.75) is 6.18 Å². The van der Waals surface area contributed by atoms with E-state index in [2.05, 4.69) is 15.0 Å². The number of hydrogen-bond acceptors (Lipinski definition) is 4. The highest BCUT2D eigenvalue weighted by molar-refractivity contribution is 5.99. The van der Waals surface area contributed by atoms with E-state index in [-0.39, 0.29) is 0 Å². The largest absolute Gasteiger partial charge is 0.416 e. The number of fused-ring (bicyclic) bond motifs is 4. The minimum Gasteiger partial charge on any atom is -0.345 e. The van der Waals surface area contributed by atoms with Gasteiger partial charge < -0.3 is 9.88 Å². The highest BCUT2D eigenvalue weighted by atomic mass is 19.4. The molecule has 8 heteroatoms. The molecule has 5 heterocycles. The highest BCUT2D eigenvalue weighted by Crippen LogP contribution is 2.40. The second-order valence-corrected chi connectivity index (χ2v) is 7.79. The molecule has 0 saturated heterocycles. The molecule has 0 saturated carbocycles. The van der Waals surface area contributed by atoms with Crippen molar-refractivity contribution < 1.29 is 13.2 Å². The number of alkyl halides is 3. The molecule has 5 aromatic rings. The average molecular weight is 443 g/mol. The standard InChI is InChI=1S/C25H16F3N5/c26-25(27,28)16-5-1-6-17(12-16)33-11-3-4-15-13-30-21-9-8-20(32-22(21)23(15)33)19-14-31-24-18(19)7-2-10-29-24/h1-10,12-14H,11H2,(H,29,31). The number of H-pyrrole nitrogens is 1. The normalized spacial score (nSPS) is 13.6. The van der Waals surface area contributed by atoms with Crippen molar-refractivity contribution in [1.82, 2.24) is 19.9 Å². The van der Waals surface area contributed by atoms with Crippen LogP contribution < -0.4 is 4.90 Å². The second-order valence-electron chi connectivity index (χ2n) is 7.79. The fourth-order valence-corrected chi connectivity index (χ4v) is 4.25. The lowest BCUT2D eigenvalue weighted by Crippen LogP contribution is -2.22. The van der Waals surface area contributed by atoms with Crippen LogP contribution in [0.3, 0.4) is 0 Å². The van der Waals surface area contributed by atoms with Crippen LogP contribution in [0.25, 0.3) is 39.4 Å². The Morgan fingerprint density at radius 3 is 2.79 bits per heavy atom. The third kappa shape index (κ3) is 3.22. The van der Waals surface area contributed by atoms with Gasteiger partial charge in [-0.25, -0.2) is 9.97 Å². The summed E-state index contributed by atoms with van der Waals surface area (Å²) in [5, 5.41) is 0.941. The zero-order chi connectivity index (χ0) is 22.6. The fourth-order valence-electron chi connectivity index (χ4n) is 4.25. The SMILES string of the molecule is FC(F)(F)c1cccc(N2CC=Cc3cnc4ccc(-c5c[nH]c6ncccc56)nc4c32)c1. The van der Waals surface area contributed by atoms with Gasteiger partial charge in [-0.2, -0.15) is 13.2 Å². The third-order valence-electron chi connectivity index (χ3n) is 5.78. The minimum absolute atomic E-state index is 0.427. The number of halogens is 3. The van der Waals surface area contributed by atoms with Crippen LogP contribution >= 0.6 is 0 Å². The molecule has 4 aromatic heterocycles. The molecule has 1 aromatic carbocycles. The summed E-state index contributed by atoms with van der Waals surface area (Å²) in [6.07, 6.45) is 4.72. The summed E-state index contributed by atoms with van der Waals surface area (Å²) in [6, 6.07) is 13.0. The summed E-state index contributed by atoms with van der Waals surface area (Å²) in [7, 11) is 0. The molecule has 0 fully saturated rings. The summed E-state index contributed by atoms with van der Waals surface area (Å²) >= 11 is 0. The van der Waals surface area contributed by atoms with Gasteiger partial charge in [0.2, 0.25) is 0 Å². The van der Waals surface area contributed by atoms with Crippen LogP contribution in [-0.2, 0) is 6.18 Å². The van der Waals surface area contributed by atoms with E-state index in [9.17, 15) is 13.2 Å². The van der Waals surface area contributed by atoms with Crippen molar-refractivity contribution in [3.63, 3.8) is 0 Å². The van der Waals surface area contributed by atoms with Gasteiger partial charge in [-0.1, -0.05) is 18.2 Å². The third-order valence-corrected chi connectivity index (χ3v) is 5.78. The molecular formula is C25H16F3N5. The molecule has 0 bridgehead atoms. The van der Waals surface area contributed by atoms with Crippen molar-refractivity contribution in [2.75, 3.05) is 11.4 Å². The Hall–Kier alpha value is -4.20. The number of rotatable bonds is 2. The maximum atomic E-state index is 13.4. The van der Waals surface area contributed by atoms with Gasteiger partial charge in [0.25, 0.3) is 0 Å². The number of benzene rings is 1. The summed E-state index contributed by atoms with van der Waals surface area (Å²) in [5.74, 6) is 0. The number of nitrogens with zero attached hydrogens (tertiary/aromatic N) is 4. The van der Waals surface area contributed by atoms with Gasteiger partial charge in [0, 0.05) is 47.3 Å². The summed E-state index contributed by atoms with van der Waals surface area (Å²) < 4.78 is 40.1. The van der Waals surface area contributed by atoms with E-state index in [0.717, 1.165) is 39.6 Å². The van der Waals surface area contributed by atoms with Gasteiger partial charge >= 0.3 is 6.18 Å². The number of nitrogens with one attached hydrogen (secondary N) is 1. The fraction of sp³-hybridized carbons (Fsp3) is 0.0800. The predicted molar refractivity (Wildman–Crippen MR) is 122 cm³/mol. The Morgan fingerprint density at radius 2 is 1.91 bits per heavy atom. The van der Waals surface area contributed by atoms with Crippen LogP contribution in [0.5, 0.6) is 0 Å². The smallest absolute Gasteiger partial charge is 0.345 e. The van der Waals surface area contributed by atoms with Gasteiger partial charge in [0.15, 0.2) is 0 Å². The molecule has 5 nitrogen and oxygen atoms in total. The molecule has 0 atom stereocenters. The number of hydrogen-bond donors (Lipinski definition) is 1. The molecule has 0 spiro atoms. The molecule has 1 N–H and O–H groups in total. The molecule has 0 unspecified atom stereocenters. The molecule has 0 radical (unpaired) electrons. The van der Waals surface area contributed by atoms with Crippen LogP contribution in [-0.4, -0.2) is 26.5 Å². The van der Waals surface area contributed by atoms with E-state index in [4.69, 9.17) is 4.98 Å². The van der Waals surface area contributed by atoms with Gasteiger partial charge in [0.05, 0.1) is 22.5 Å². The predicted octanol–water partition coefficient (Wildman–Crippen LogP) is 6.36. The van der Waals surface area contributed by atoms with Crippen molar-refractivity contribution in [3.8, 4) is 11.3 Å². The van der Waals surface area contributed by atoms with Crippen molar-refractivity contribution in [2.24, 2.45) is 0 Å². The van der Waals surface area contributed by atoms with Crippen LogP contribution in [0.1, 0.15) is 11.1 Å². The molecule has 6 rings (SSSR count). The van der Waals surface area contributed by atoms with Crippen molar-refractivity contribution in [3.05, 3.63) is 84.3 Å². The Balaban J connectivity index is 1.55. The topological polar surface area (TPSA) is 57.7 Å². The molecular weight excluding hydrogens is 427 g/mol. The van der Waals surface area contributed by atoms with E-state index in [1.165, 1.54) is 12.1 Å². The van der Waals surface area contributed by atoms with E-state index in [1.807, 2.05) is 47.5 Å². The molecule has 0 aliphatic carbocycles. The Bertz CT molecular complexity index is 1550. The first-order valence-electron chi connectivity index (χ1n) is 10.3. The highest BCUT2D eigenvalue weighted by Gasteiger charge is 2.31. The molecule has 162 valence electrons. The minimum atomic E-state index is -4.42. The van der Waals surface area contributed by atoms with E-state index in [1.54, 1.807) is 18.5 Å². The zero-order valence-corrected chi connectivity index (χ0v) is 17.1. The summed E-state index contributed by atoms with van der Waals surface area (Å²) in [5.41, 5.74) is 4.99. The quantitative estimate of drug-likeness (QED) is 0.345. The maximum Gasteiger partial charge on any atom is 0.416 e. The first kappa shape index (κ1) is 19.5. The van der Waals surface area contributed by atoms with Crippen LogP contribution in [0.2, 0.25) is 0 Å². The molecule has 0 amide bonds. The Labute approximate surface area is 186 Å². The number of aromatic amines is 1. The number of pyridine rings is 3. The molecule has 1 aliphatic heterocycles. The van der Waals surface area contributed by atoms with Crippen LogP contribution in [0, 0.1) is 0 Å². The lowest BCUT2D eigenvalue weighted by Gasteiger charge is -2.29.